The van der Waals surface area contributed by atoms with Crippen LogP contribution in [0, 0.1) is 0 Å². The van der Waals surface area contributed by atoms with Crippen molar-refractivity contribution in [1.82, 2.24) is 0 Å². The minimum Gasteiger partial charge on any atom is -0.131 e. The van der Waals surface area contributed by atoms with Crippen LogP contribution in [0.5, 0.6) is 0 Å². The van der Waals surface area contributed by atoms with Gasteiger partial charge in [-0.2, -0.15) is 0 Å². The predicted octanol–water partition coefficient (Wildman–Crippen LogP) is 6.49. The van der Waals surface area contributed by atoms with E-state index in [0.717, 1.165) is 22.1 Å². The van der Waals surface area contributed by atoms with Gasteiger partial charge in [-0.1, -0.05) is 35.5 Å². The zero-order valence-electron chi connectivity index (χ0n) is 7.01. The highest BCUT2D eigenvalue weighted by atomic mass is 79.9. The second kappa shape index (κ2) is 10.1. The predicted molar refractivity (Wildman–Crippen MR) is 94.0 cm³/mol. The average molecular weight is 452 g/mol. The normalized spacial score (nSPS) is 10.8. The number of halogens is 3. The van der Waals surface area contributed by atoms with E-state index in [1.54, 1.807) is 11.3 Å². The molecule has 0 aliphatic carbocycles. The third-order valence-corrected chi connectivity index (χ3v) is 15.9. The fraction of sp³-hybridized carbons (Fsp3) is 0.200. The van der Waals surface area contributed by atoms with Gasteiger partial charge in [-0.3, -0.25) is 0 Å². The Hall–Kier alpha value is 3.10. The summed E-state index contributed by atoms with van der Waals surface area (Å²) in [4.78, 5) is 1.17. The van der Waals surface area contributed by atoms with Crippen LogP contribution in [0.1, 0.15) is 4.88 Å². The summed E-state index contributed by atoms with van der Waals surface area (Å²) in [5, 5.41) is 1.67. The van der Waals surface area contributed by atoms with Gasteiger partial charge in [0.1, 0.15) is 0 Å². The van der Waals surface area contributed by atoms with Gasteiger partial charge < -0.3 is 0 Å². The molecular formula is C5H10Br2ClP5S. The maximum atomic E-state index is 5.80. The molecule has 4 atom stereocenters. The van der Waals surface area contributed by atoms with Crippen LogP contribution < -0.4 is 0 Å². The van der Waals surface area contributed by atoms with Crippen LogP contribution in [0.4, 0.5) is 0 Å². The number of rotatable bonds is 2. The molecule has 0 saturated heterocycles. The second-order valence-corrected chi connectivity index (χ2v) is 19.4. The van der Waals surface area contributed by atoms with Crippen LogP contribution in [-0.2, 0) is 5.33 Å². The summed E-state index contributed by atoms with van der Waals surface area (Å²) < 4.78 is 1.09. The van der Waals surface area contributed by atoms with Gasteiger partial charge in [0.15, 0.2) is 0 Å². The van der Waals surface area contributed by atoms with E-state index in [4.69, 9.17) is 11.6 Å². The van der Waals surface area contributed by atoms with Crippen molar-refractivity contribution in [2.45, 2.75) is 5.33 Å². The molecule has 4 unspecified atom stereocenters. The van der Waals surface area contributed by atoms with Crippen molar-refractivity contribution in [2.75, 3.05) is 0 Å². The molecule has 0 saturated carbocycles. The smallest absolute Gasteiger partial charge is 0.0717 e. The van der Waals surface area contributed by atoms with E-state index in [9.17, 15) is 0 Å². The molecule has 0 spiro atoms. The lowest BCUT2D eigenvalue weighted by atomic mass is 10.5. The largest absolute Gasteiger partial charge is 0.131 e. The van der Waals surface area contributed by atoms with Gasteiger partial charge in [0.2, 0.25) is 0 Å². The maximum Gasteiger partial charge on any atom is 0.0717 e. The number of thiophene rings is 1. The summed E-state index contributed by atoms with van der Waals surface area (Å²) in [6.45, 7) is 0.226. The molecule has 1 aromatic heterocycles. The molecule has 82 valence electrons. The van der Waals surface area contributed by atoms with Gasteiger partial charge in [-0.15, -0.1) is 38.1 Å². The van der Waals surface area contributed by atoms with Crippen LogP contribution >= 0.6 is 96.5 Å². The molecule has 9 heteroatoms. The minimum atomic E-state index is 0.226. The van der Waals surface area contributed by atoms with Crippen molar-refractivity contribution in [3.8, 4) is 0 Å². The van der Waals surface area contributed by atoms with E-state index in [1.165, 1.54) is 4.88 Å². The molecule has 0 nitrogen and oxygen atoms in total. The van der Waals surface area contributed by atoms with Crippen molar-refractivity contribution in [3.05, 3.63) is 19.8 Å². The van der Waals surface area contributed by atoms with E-state index in [1.807, 2.05) is 6.07 Å². The Kier molecular flexibility index (Phi) is 12.3. The van der Waals surface area contributed by atoms with Gasteiger partial charge in [0.05, 0.1) is 8.81 Å². The van der Waals surface area contributed by atoms with Crippen molar-refractivity contribution in [1.29, 1.82) is 0 Å². The molecule has 1 aromatic rings. The zero-order valence-corrected chi connectivity index (χ0v) is 17.1. The quantitative estimate of drug-likeness (QED) is 0.356. The van der Waals surface area contributed by atoms with E-state index in [-0.39, 0.29) is 6.99 Å². The lowest BCUT2D eigenvalue weighted by Gasteiger charge is -1.92. The van der Waals surface area contributed by atoms with Gasteiger partial charge in [0, 0.05) is 10.2 Å². The highest BCUT2D eigenvalue weighted by Crippen LogP contribution is 2.71. The first-order chi connectivity index (χ1) is 6.51. The minimum absolute atomic E-state index is 0.226. The van der Waals surface area contributed by atoms with Crippen LogP contribution in [-0.4, -0.2) is 0 Å². The first-order valence-corrected chi connectivity index (χ1v) is 14.6. The number of alkyl halides is 1. The standard InChI is InChI=1S/C5H3Br2ClS.H7P5/c6-2-4-3(8)1-5(7)9-4;1-4-5(2)3/h1H,2H2;4H,1-3H2. The molecular weight excluding hydrogens is 442 g/mol. The highest BCUT2D eigenvalue weighted by molar-refractivity contribution is 9.11. The second-order valence-electron chi connectivity index (χ2n) is 1.99. The Balaban J connectivity index is 0.000000292. The Morgan fingerprint density at radius 3 is 2.21 bits per heavy atom. The van der Waals surface area contributed by atoms with E-state index in [0.29, 0.717) is 0 Å². The van der Waals surface area contributed by atoms with Gasteiger partial charge >= 0.3 is 0 Å². The Bertz CT molecular complexity index is 269. The fourth-order valence-corrected chi connectivity index (χ4v) is 3.20. The van der Waals surface area contributed by atoms with E-state index in [2.05, 4.69) is 58.6 Å². The topological polar surface area (TPSA) is 0 Å². The summed E-state index contributed by atoms with van der Waals surface area (Å²) in [6.07, 6.45) is 0. The van der Waals surface area contributed by atoms with Gasteiger partial charge in [-0.25, -0.2) is 0 Å². The lowest BCUT2D eigenvalue weighted by Crippen LogP contribution is -1.63. The Labute approximate surface area is 120 Å². The van der Waals surface area contributed by atoms with Crippen LogP contribution in [0.2, 0.25) is 5.02 Å². The molecule has 0 aliphatic heterocycles. The van der Waals surface area contributed by atoms with Crippen molar-refractivity contribution < 1.29 is 0 Å². The summed E-state index contributed by atoms with van der Waals surface area (Å²) in [7, 11) is 9.24. The third kappa shape index (κ3) is 8.23. The van der Waals surface area contributed by atoms with E-state index >= 15 is 0 Å². The molecule has 1 heterocycles. The molecule has 0 aromatic carbocycles. The van der Waals surface area contributed by atoms with Crippen LogP contribution in [0.3, 0.4) is 0 Å². The summed E-state index contributed by atoms with van der Waals surface area (Å²) in [5.41, 5.74) is 0. The molecule has 14 heavy (non-hydrogen) atoms. The van der Waals surface area contributed by atoms with Crippen molar-refractivity contribution in [3.63, 3.8) is 0 Å². The number of hydrogen-bond donors (Lipinski definition) is 0. The monoisotopic (exact) mass is 450 g/mol. The molecule has 0 bridgehead atoms. The molecule has 0 N–H and O–H groups in total. The van der Waals surface area contributed by atoms with Crippen molar-refractivity contribution >= 4 is 96.5 Å². The van der Waals surface area contributed by atoms with Gasteiger partial charge in [-0.05, 0) is 29.0 Å². The molecule has 0 radical (unpaired) electrons. The Morgan fingerprint density at radius 2 is 2.07 bits per heavy atom. The van der Waals surface area contributed by atoms with Gasteiger partial charge in [0.25, 0.3) is 0 Å². The first-order valence-electron chi connectivity index (χ1n) is 3.26. The SMILES string of the molecule is Clc1cc(Br)sc1CBr.PPP(P)P. The van der Waals surface area contributed by atoms with E-state index < -0.39 is 0 Å². The molecule has 0 aliphatic rings. The lowest BCUT2D eigenvalue weighted by molar-refractivity contribution is 1.58. The third-order valence-electron chi connectivity index (χ3n) is 0.998. The summed E-state index contributed by atoms with van der Waals surface area (Å²) >= 11 is 14.1. The fourth-order valence-electron chi connectivity index (χ4n) is 0.467. The van der Waals surface area contributed by atoms with Crippen LogP contribution in [0.25, 0.3) is 0 Å². The van der Waals surface area contributed by atoms with Crippen LogP contribution in [0.15, 0.2) is 9.85 Å². The average Bonchev–Trinajstić information content (AvgIpc) is 2.45. The molecule has 0 amide bonds. The highest BCUT2D eigenvalue weighted by Gasteiger charge is 2.02. The number of hydrogen-bond acceptors (Lipinski definition) is 1. The Morgan fingerprint density at radius 1 is 1.57 bits per heavy atom. The molecule has 0 fully saturated rings. The summed E-state index contributed by atoms with van der Waals surface area (Å²) in [6, 6.07) is 1.91. The first kappa shape index (κ1) is 17.1. The summed E-state index contributed by atoms with van der Waals surface area (Å²) in [5.74, 6) is 0. The molecule has 1 rings (SSSR count). The zero-order chi connectivity index (χ0) is 11.1. The maximum absolute atomic E-state index is 5.80. The van der Waals surface area contributed by atoms with Crippen molar-refractivity contribution in [2.24, 2.45) is 0 Å².